The van der Waals surface area contributed by atoms with E-state index in [4.69, 9.17) is 10.5 Å². The fraction of sp³-hybridized carbons (Fsp3) is 0.250. The molecule has 20 heavy (non-hydrogen) atoms. The molecular formula is C16H17F2NO. The highest BCUT2D eigenvalue weighted by atomic mass is 19.1. The van der Waals surface area contributed by atoms with Crippen molar-refractivity contribution in [1.82, 2.24) is 0 Å². The minimum atomic E-state index is -0.612. The van der Waals surface area contributed by atoms with Crippen LogP contribution in [0.2, 0.25) is 0 Å². The van der Waals surface area contributed by atoms with E-state index < -0.39 is 11.6 Å². The number of hydrogen-bond donors (Lipinski definition) is 1. The molecule has 106 valence electrons. The summed E-state index contributed by atoms with van der Waals surface area (Å²) < 4.78 is 32.0. The molecule has 2 aromatic carbocycles. The van der Waals surface area contributed by atoms with E-state index in [0.717, 1.165) is 17.2 Å². The number of nitrogens with two attached hydrogens (primary N) is 1. The van der Waals surface area contributed by atoms with Gasteiger partial charge < -0.3 is 10.5 Å². The SMILES string of the molecule is Cc1ccc(OCc2ccc(F)cc2F)c(C(C)N)c1. The molecule has 4 heteroatoms. The topological polar surface area (TPSA) is 35.2 Å². The second-order valence-electron chi connectivity index (χ2n) is 4.85. The minimum absolute atomic E-state index is 0.0366. The van der Waals surface area contributed by atoms with Crippen molar-refractivity contribution < 1.29 is 13.5 Å². The Morgan fingerprint density at radius 3 is 2.55 bits per heavy atom. The van der Waals surface area contributed by atoms with Crippen LogP contribution >= 0.6 is 0 Å². The molecule has 1 atom stereocenters. The summed E-state index contributed by atoms with van der Waals surface area (Å²) in [6.07, 6.45) is 0. The highest BCUT2D eigenvalue weighted by Crippen LogP contribution is 2.26. The molecule has 0 aromatic heterocycles. The van der Waals surface area contributed by atoms with Crippen LogP contribution in [0, 0.1) is 18.6 Å². The van der Waals surface area contributed by atoms with Crippen LogP contribution in [0.1, 0.15) is 29.7 Å². The van der Waals surface area contributed by atoms with E-state index in [1.54, 1.807) is 0 Å². The van der Waals surface area contributed by atoms with E-state index in [1.165, 1.54) is 12.1 Å². The van der Waals surface area contributed by atoms with Crippen molar-refractivity contribution in [2.75, 3.05) is 0 Å². The lowest BCUT2D eigenvalue weighted by Gasteiger charge is -2.15. The summed E-state index contributed by atoms with van der Waals surface area (Å²) in [6, 6.07) is 8.93. The standard InChI is InChI=1S/C16H17F2NO/c1-10-3-6-16(14(7-10)11(2)19)20-9-12-4-5-13(17)8-15(12)18/h3-8,11H,9,19H2,1-2H3. The van der Waals surface area contributed by atoms with Crippen molar-refractivity contribution in [3.63, 3.8) is 0 Å². The normalized spacial score (nSPS) is 12.2. The van der Waals surface area contributed by atoms with Gasteiger partial charge in [0.25, 0.3) is 0 Å². The van der Waals surface area contributed by atoms with Gasteiger partial charge in [-0.1, -0.05) is 17.7 Å². The number of halogens is 2. The molecule has 0 radical (unpaired) electrons. The molecule has 2 rings (SSSR count). The second-order valence-corrected chi connectivity index (χ2v) is 4.85. The highest BCUT2D eigenvalue weighted by Gasteiger charge is 2.10. The van der Waals surface area contributed by atoms with Crippen LogP contribution in [0.4, 0.5) is 8.78 Å². The van der Waals surface area contributed by atoms with Gasteiger partial charge in [-0.15, -0.1) is 0 Å². The van der Waals surface area contributed by atoms with Crippen molar-refractivity contribution in [1.29, 1.82) is 0 Å². The lowest BCUT2D eigenvalue weighted by molar-refractivity contribution is 0.295. The van der Waals surface area contributed by atoms with Crippen molar-refractivity contribution in [2.45, 2.75) is 26.5 Å². The maximum Gasteiger partial charge on any atom is 0.132 e. The first-order valence-electron chi connectivity index (χ1n) is 6.40. The second kappa shape index (κ2) is 6.01. The third-order valence-corrected chi connectivity index (χ3v) is 3.05. The first-order valence-corrected chi connectivity index (χ1v) is 6.40. The minimum Gasteiger partial charge on any atom is -0.488 e. The van der Waals surface area contributed by atoms with Crippen molar-refractivity contribution >= 4 is 0 Å². The number of benzene rings is 2. The predicted molar refractivity (Wildman–Crippen MR) is 74.5 cm³/mol. The lowest BCUT2D eigenvalue weighted by Crippen LogP contribution is -2.09. The fourth-order valence-electron chi connectivity index (χ4n) is 1.95. The lowest BCUT2D eigenvalue weighted by atomic mass is 10.1. The van der Waals surface area contributed by atoms with Crippen LogP contribution in [-0.4, -0.2) is 0 Å². The molecular weight excluding hydrogens is 260 g/mol. The van der Waals surface area contributed by atoms with E-state index >= 15 is 0 Å². The molecule has 0 aliphatic carbocycles. The smallest absolute Gasteiger partial charge is 0.132 e. The fourth-order valence-corrected chi connectivity index (χ4v) is 1.95. The number of hydrogen-bond acceptors (Lipinski definition) is 2. The van der Waals surface area contributed by atoms with E-state index in [9.17, 15) is 8.78 Å². The van der Waals surface area contributed by atoms with Gasteiger partial charge in [-0.25, -0.2) is 8.78 Å². The number of ether oxygens (including phenoxy) is 1. The maximum atomic E-state index is 13.5. The molecule has 2 aromatic rings. The zero-order valence-electron chi connectivity index (χ0n) is 11.5. The Morgan fingerprint density at radius 1 is 1.15 bits per heavy atom. The van der Waals surface area contributed by atoms with Crippen molar-refractivity contribution in [3.8, 4) is 5.75 Å². The molecule has 0 bridgehead atoms. The molecule has 2 nitrogen and oxygen atoms in total. The number of aryl methyl sites for hydroxylation is 1. The third-order valence-electron chi connectivity index (χ3n) is 3.05. The van der Waals surface area contributed by atoms with E-state index in [2.05, 4.69) is 0 Å². The summed E-state index contributed by atoms with van der Waals surface area (Å²) in [5, 5.41) is 0. The average Bonchev–Trinajstić information content (AvgIpc) is 2.38. The van der Waals surface area contributed by atoms with Gasteiger partial charge in [0.15, 0.2) is 0 Å². The molecule has 0 fully saturated rings. The Bertz CT molecular complexity index is 611. The predicted octanol–water partition coefficient (Wildman–Crippen LogP) is 3.87. The molecule has 0 saturated carbocycles. The average molecular weight is 277 g/mol. The summed E-state index contributed by atoms with van der Waals surface area (Å²) in [4.78, 5) is 0. The van der Waals surface area contributed by atoms with Gasteiger partial charge in [-0.2, -0.15) is 0 Å². The quantitative estimate of drug-likeness (QED) is 0.920. The zero-order chi connectivity index (χ0) is 14.7. The molecule has 0 aliphatic heterocycles. The molecule has 0 heterocycles. The summed E-state index contributed by atoms with van der Waals surface area (Å²) in [5.41, 5.74) is 8.16. The first-order chi connectivity index (χ1) is 9.47. The van der Waals surface area contributed by atoms with Crippen LogP contribution in [0.15, 0.2) is 36.4 Å². The van der Waals surface area contributed by atoms with Crippen LogP contribution in [-0.2, 0) is 6.61 Å². The molecule has 1 unspecified atom stereocenters. The van der Waals surface area contributed by atoms with Gasteiger partial charge in [-0.3, -0.25) is 0 Å². The van der Waals surface area contributed by atoms with Gasteiger partial charge in [-0.05, 0) is 32.0 Å². The van der Waals surface area contributed by atoms with Crippen molar-refractivity contribution in [3.05, 3.63) is 64.7 Å². The van der Waals surface area contributed by atoms with Gasteiger partial charge in [0.05, 0.1) is 0 Å². The van der Waals surface area contributed by atoms with Crippen LogP contribution in [0.25, 0.3) is 0 Å². The summed E-state index contributed by atoms with van der Waals surface area (Å²) in [5.74, 6) is -0.591. The van der Waals surface area contributed by atoms with E-state index in [-0.39, 0.29) is 12.6 Å². The monoisotopic (exact) mass is 277 g/mol. The first kappa shape index (κ1) is 14.5. The van der Waals surface area contributed by atoms with Crippen LogP contribution in [0.3, 0.4) is 0 Å². The van der Waals surface area contributed by atoms with Gasteiger partial charge in [0.1, 0.15) is 24.0 Å². The van der Waals surface area contributed by atoms with Crippen LogP contribution < -0.4 is 10.5 Å². The van der Waals surface area contributed by atoms with Gasteiger partial charge in [0, 0.05) is 23.2 Å². The van der Waals surface area contributed by atoms with Crippen LogP contribution in [0.5, 0.6) is 5.75 Å². The Morgan fingerprint density at radius 2 is 1.90 bits per heavy atom. The third kappa shape index (κ3) is 3.33. The van der Waals surface area contributed by atoms with Gasteiger partial charge in [0.2, 0.25) is 0 Å². The summed E-state index contributed by atoms with van der Waals surface area (Å²) in [6.45, 7) is 3.87. The summed E-state index contributed by atoms with van der Waals surface area (Å²) in [7, 11) is 0. The van der Waals surface area contributed by atoms with Gasteiger partial charge >= 0.3 is 0 Å². The molecule has 0 amide bonds. The Labute approximate surface area is 117 Å². The molecule has 0 saturated heterocycles. The van der Waals surface area contributed by atoms with E-state index in [1.807, 2.05) is 32.0 Å². The Balaban J connectivity index is 2.18. The Kier molecular flexibility index (Phi) is 4.35. The van der Waals surface area contributed by atoms with E-state index in [0.29, 0.717) is 11.3 Å². The Hall–Kier alpha value is -1.94. The molecule has 0 aliphatic rings. The highest BCUT2D eigenvalue weighted by molar-refractivity contribution is 5.39. The zero-order valence-corrected chi connectivity index (χ0v) is 11.5. The summed E-state index contributed by atoms with van der Waals surface area (Å²) >= 11 is 0. The maximum absolute atomic E-state index is 13.5. The molecule has 0 spiro atoms. The largest absolute Gasteiger partial charge is 0.488 e. The van der Waals surface area contributed by atoms with Crippen molar-refractivity contribution in [2.24, 2.45) is 5.73 Å². The molecule has 2 N–H and O–H groups in total. The number of rotatable bonds is 4.